The van der Waals surface area contributed by atoms with E-state index < -0.39 is 15.8 Å². The number of rotatable bonds is 5. The topological polar surface area (TPSA) is 75.7 Å². The minimum absolute atomic E-state index is 0.0226. The number of hydrogen-bond donors (Lipinski definition) is 1. The van der Waals surface area contributed by atoms with Crippen LogP contribution >= 0.6 is 0 Å². The van der Waals surface area contributed by atoms with Gasteiger partial charge in [-0.05, 0) is 79.1 Å². The number of carbonyl (C=O) groups is 1. The molecule has 31 heavy (non-hydrogen) atoms. The maximum absolute atomic E-state index is 13.3. The number of halogens is 1. The van der Waals surface area contributed by atoms with Crippen molar-refractivity contribution >= 4 is 27.3 Å². The molecule has 0 aromatic heterocycles. The molecule has 3 aromatic rings. The highest BCUT2D eigenvalue weighted by Gasteiger charge is 2.29. The Hall–Kier alpha value is -3.39. The number of hydrogen-bond acceptors (Lipinski definition) is 4. The van der Waals surface area contributed by atoms with Crippen LogP contribution in [0, 0.1) is 5.82 Å². The zero-order valence-corrected chi connectivity index (χ0v) is 17.7. The number of methoxy groups -OCH3 is 1. The van der Waals surface area contributed by atoms with Gasteiger partial charge in [0.15, 0.2) is 0 Å². The number of benzene rings is 3. The highest BCUT2D eigenvalue weighted by Crippen LogP contribution is 2.34. The molecule has 3 aromatic carbocycles. The molecule has 1 aliphatic rings. The molecular weight excluding hydrogens is 419 g/mol. The van der Waals surface area contributed by atoms with Gasteiger partial charge in [-0.3, -0.25) is 9.10 Å². The number of nitrogens with zero attached hydrogens (tertiary/aromatic N) is 1. The van der Waals surface area contributed by atoms with Gasteiger partial charge in [0.1, 0.15) is 11.6 Å². The zero-order chi connectivity index (χ0) is 22.0. The molecule has 1 aliphatic heterocycles. The molecule has 1 N–H and O–H groups in total. The summed E-state index contributed by atoms with van der Waals surface area (Å²) in [7, 11) is -2.31. The largest absolute Gasteiger partial charge is 0.497 e. The summed E-state index contributed by atoms with van der Waals surface area (Å²) in [5.74, 6) is -0.167. The van der Waals surface area contributed by atoms with Crippen LogP contribution in [0.1, 0.15) is 22.3 Å². The van der Waals surface area contributed by atoms with Gasteiger partial charge in [-0.25, -0.2) is 12.8 Å². The standard InChI is InChI=1S/C23H21FN2O4S/c1-30-20-10-5-17(6-11-20)23(27)25-19-9-4-16-3-2-14-26(22(16)15-19)31(28,29)21-12-7-18(24)8-13-21/h4-13,15H,2-3,14H2,1H3,(H,25,27). The van der Waals surface area contributed by atoms with Crippen molar-refractivity contribution in [1.82, 2.24) is 0 Å². The molecular formula is C23H21FN2O4S. The van der Waals surface area contributed by atoms with Gasteiger partial charge < -0.3 is 10.1 Å². The average molecular weight is 440 g/mol. The molecule has 0 atom stereocenters. The van der Waals surface area contributed by atoms with E-state index >= 15 is 0 Å². The van der Waals surface area contributed by atoms with Gasteiger partial charge in [-0.15, -0.1) is 0 Å². The number of fused-ring (bicyclic) bond motifs is 1. The fourth-order valence-electron chi connectivity index (χ4n) is 3.55. The highest BCUT2D eigenvalue weighted by atomic mass is 32.2. The van der Waals surface area contributed by atoms with Crippen LogP contribution in [0.25, 0.3) is 0 Å². The highest BCUT2D eigenvalue weighted by molar-refractivity contribution is 7.92. The van der Waals surface area contributed by atoms with Crippen molar-refractivity contribution in [2.45, 2.75) is 17.7 Å². The Bertz CT molecular complexity index is 1210. The van der Waals surface area contributed by atoms with Crippen molar-refractivity contribution in [3.8, 4) is 5.75 Å². The van der Waals surface area contributed by atoms with E-state index in [2.05, 4.69) is 5.32 Å². The number of ether oxygens (including phenoxy) is 1. The van der Waals surface area contributed by atoms with Crippen molar-refractivity contribution in [2.75, 3.05) is 23.3 Å². The summed E-state index contributed by atoms with van der Waals surface area (Å²) in [6, 6.07) is 16.7. The first-order valence-corrected chi connectivity index (χ1v) is 11.2. The van der Waals surface area contributed by atoms with Crippen LogP contribution in [-0.4, -0.2) is 28.0 Å². The Morgan fingerprint density at radius 2 is 1.74 bits per heavy atom. The van der Waals surface area contributed by atoms with E-state index in [1.165, 1.54) is 16.4 Å². The number of carbonyl (C=O) groups excluding carboxylic acids is 1. The molecule has 6 nitrogen and oxygen atoms in total. The second kappa shape index (κ2) is 8.39. The van der Waals surface area contributed by atoms with E-state index in [1.807, 2.05) is 6.07 Å². The lowest BCUT2D eigenvalue weighted by molar-refractivity contribution is 0.102. The van der Waals surface area contributed by atoms with E-state index in [-0.39, 0.29) is 10.8 Å². The Morgan fingerprint density at radius 3 is 2.42 bits per heavy atom. The Morgan fingerprint density at radius 1 is 1.03 bits per heavy atom. The lowest BCUT2D eigenvalue weighted by atomic mass is 10.0. The molecule has 0 saturated heterocycles. The zero-order valence-electron chi connectivity index (χ0n) is 16.8. The van der Waals surface area contributed by atoms with Crippen LogP contribution in [0.4, 0.5) is 15.8 Å². The van der Waals surface area contributed by atoms with Gasteiger partial charge in [0, 0.05) is 17.8 Å². The van der Waals surface area contributed by atoms with Gasteiger partial charge in [-0.2, -0.15) is 0 Å². The maximum Gasteiger partial charge on any atom is 0.264 e. The fraction of sp³-hybridized carbons (Fsp3) is 0.174. The molecule has 0 spiro atoms. The number of amides is 1. The van der Waals surface area contributed by atoms with E-state index in [1.54, 1.807) is 43.5 Å². The summed E-state index contributed by atoms with van der Waals surface area (Å²) in [5.41, 5.74) is 2.33. The minimum Gasteiger partial charge on any atom is -0.497 e. The SMILES string of the molecule is COc1ccc(C(=O)Nc2ccc3c(c2)N(S(=O)(=O)c2ccc(F)cc2)CCC3)cc1. The van der Waals surface area contributed by atoms with Crippen molar-refractivity contribution < 1.29 is 22.3 Å². The molecule has 0 saturated carbocycles. The molecule has 160 valence electrons. The van der Waals surface area contributed by atoms with Crippen LogP contribution in [0.2, 0.25) is 0 Å². The Kier molecular flexibility index (Phi) is 5.65. The van der Waals surface area contributed by atoms with Crippen molar-refractivity contribution in [3.05, 3.63) is 83.7 Å². The predicted molar refractivity (Wildman–Crippen MR) is 117 cm³/mol. The minimum atomic E-state index is -3.86. The van der Waals surface area contributed by atoms with Gasteiger partial charge in [-0.1, -0.05) is 6.07 Å². The summed E-state index contributed by atoms with van der Waals surface area (Å²) in [6.45, 7) is 0.308. The average Bonchev–Trinajstić information content (AvgIpc) is 2.79. The summed E-state index contributed by atoms with van der Waals surface area (Å²) in [5, 5.41) is 2.81. The Labute approximate surface area is 180 Å². The normalized spacial score (nSPS) is 13.4. The molecule has 1 amide bonds. The number of anilines is 2. The number of aryl methyl sites for hydroxylation is 1. The van der Waals surface area contributed by atoms with Crippen molar-refractivity contribution in [3.63, 3.8) is 0 Å². The van der Waals surface area contributed by atoms with Gasteiger partial charge in [0.2, 0.25) is 0 Å². The maximum atomic E-state index is 13.3. The Balaban J connectivity index is 1.63. The van der Waals surface area contributed by atoms with Crippen LogP contribution in [0.15, 0.2) is 71.6 Å². The fourth-order valence-corrected chi connectivity index (χ4v) is 5.08. The summed E-state index contributed by atoms with van der Waals surface area (Å²) >= 11 is 0. The first kappa shape index (κ1) is 20.9. The third kappa shape index (κ3) is 4.25. The quantitative estimate of drug-likeness (QED) is 0.644. The van der Waals surface area contributed by atoms with Crippen LogP contribution in [0.5, 0.6) is 5.75 Å². The van der Waals surface area contributed by atoms with Crippen molar-refractivity contribution in [1.29, 1.82) is 0 Å². The summed E-state index contributed by atoms with van der Waals surface area (Å²) < 4.78 is 46.0. The summed E-state index contributed by atoms with van der Waals surface area (Å²) in [6.07, 6.45) is 1.41. The van der Waals surface area contributed by atoms with Gasteiger partial charge in [0.05, 0.1) is 17.7 Å². The second-order valence-corrected chi connectivity index (χ2v) is 9.02. The summed E-state index contributed by atoms with van der Waals surface area (Å²) in [4.78, 5) is 12.6. The monoisotopic (exact) mass is 440 g/mol. The third-order valence-corrected chi connectivity index (χ3v) is 7.00. The van der Waals surface area contributed by atoms with Gasteiger partial charge in [0.25, 0.3) is 15.9 Å². The van der Waals surface area contributed by atoms with Crippen LogP contribution in [-0.2, 0) is 16.4 Å². The third-order valence-electron chi connectivity index (χ3n) is 5.17. The second-order valence-electron chi connectivity index (χ2n) is 7.16. The molecule has 4 rings (SSSR count). The number of sulfonamides is 1. The van der Waals surface area contributed by atoms with Crippen molar-refractivity contribution in [2.24, 2.45) is 0 Å². The first-order chi connectivity index (χ1) is 14.9. The molecule has 0 unspecified atom stereocenters. The van der Waals surface area contributed by atoms with Crippen LogP contribution in [0.3, 0.4) is 0 Å². The van der Waals surface area contributed by atoms with Gasteiger partial charge >= 0.3 is 0 Å². The van der Waals surface area contributed by atoms with E-state index in [0.717, 1.165) is 24.1 Å². The first-order valence-electron chi connectivity index (χ1n) is 9.75. The smallest absolute Gasteiger partial charge is 0.264 e. The van der Waals surface area contributed by atoms with E-state index in [0.29, 0.717) is 35.7 Å². The molecule has 0 aliphatic carbocycles. The molecule has 1 heterocycles. The van der Waals surface area contributed by atoms with Crippen LogP contribution < -0.4 is 14.4 Å². The molecule has 0 fully saturated rings. The number of nitrogens with one attached hydrogen (secondary N) is 1. The van der Waals surface area contributed by atoms with E-state index in [9.17, 15) is 17.6 Å². The molecule has 0 bridgehead atoms. The van der Waals surface area contributed by atoms with E-state index in [4.69, 9.17) is 4.74 Å². The predicted octanol–water partition coefficient (Wildman–Crippen LogP) is 4.23. The molecule has 8 heteroatoms. The molecule has 0 radical (unpaired) electrons. The lowest BCUT2D eigenvalue weighted by Crippen LogP contribution is -2.35. The lowest BCUT2D eigenvalue weighted by Gasteiger charge is -2.31.